The molecule has 0 aliphatic rings. The first-order valence-electron chi connectivity index (χ1n) is 6.68. The maximum Gasteiger partial charge on any atom is 0.161 e. The molecule has 2 nitrogen and oxygen atoms in total. The van der Waals surface area contributed by atoms with Crippen molar-refractivity contribution in [3.63, 3.8) is 0 Å². The van der Waals surface area contributed by atoms with E-state index >= 15 is 0 Å². The lowest BCUT2D eigenvalue weighted by molar-refractivity contribution is 0.868. The molecule has 0 unspecified atom stereocenters. The monoisotopic (exact) mass is 282 g/mol. The van der Waals surface area contributed by atoms with E-state index in [0.29, 0.717) is 16.9 Å². The third-order valence-corrected chi connectivity index (χ3v) is 3.66. The van der Waals surface area contributed by atoms with Gasteiger partial charge in [-0.15, -0.1) is 0 Å². The van der Waals surface area contributed by atoms with Crippen LogP contribution in [-0.4, -0.2) is 9.97 Å². The van der Waals surface area contributed by atoms with Crippen molar-refractivity contribution in [1.29, 1.82) is 0 Å². The minimum absolute atomic E-state index is 0.462. The number of hydrogen-bond acceptors (Lipinski definition) is 2. The molecule has 0 amide bonds. The normalized spacial score (nSPS) is 11.2. The van der Waals surface area contributed by atoms with Gasteiger partial charge in [-0.2, -0.15) is 0 Å². The lowest BCUT2D eigenvalue weighted by Gasteiger charge is -2.09. The van der Waals surface area contributed by atoms with Crippen molar-refractivity contribution in [1.82, 2.24) is 9.97 Å². The molecule has 0 spiro atoms. The Morgan fingerprint density at radius 2 is 1.70 bits per heavy atom. The zero-order valence-corrected chi connectivity index (χ0v) is 12.2. The molecule has 1 aromatic heterocycles. The number of benzene rings is 2. The summed E-state index contributed by atoms with van der Waals surface area (Å²) < 4.78 is 0. The second-order valence-corrected chi connectivity index (χ2v) is 5.49. The SMILES string of the molecule is CC(C)c1ccc2nc(-c3ccccc3)nc(Cl)c2c1. The summed E-state index contributed by atoms with van der Waals surface area (Å²) in [4.78, 5) is 9.04. The van der Waals surface area contributed by atoms with Crippen molar-refractivity contribution in [2.45, 2.75) is 19.8 Å². The molecule has 0 aliphatic carbocycles. The van der Waals surface area contributed by atoms with Gasteiger partial charge >= 0.3 is 0 Å². The Labute approximate surface area is 123 Å². The van der Waals surface area contributed by atoms with Crippen LogP contribution in [0.25, 0.3) is 22.3 Å². The van der Waals surface area contributed by atoms with Gasteiger partial charge in [0, 0.05) is 10.9 Å². The standard InChI is InChI=1S/C17H15ClN2/c1-11(2)13-8-9-15-14(10-13)16(18)20-17(19-15)12-6-4-3-5-7-12/h3-11H,1-2H3. The highest BCUT2D eigenvalue weighted by Crippen LogP contribution is 2.27. The van der Waals surface area contributed by atoms with Gasteiger partial charge in [0.25, 0.3) is 0 Å². The van der Waals surface area contributed by atoms with Gasteiger partial charge in [0.05, 0.1) is 5.52 Å². The van der Waals surface area contributed by atoms with Crippen molar-refractivity contribution in [2.24, 2.45) is 0 Å². The van der Waals surface area contributed by atoms with Crippen LogP contribution in [0.3, 0.4) is 0 Å². The summed E-state index contributed by atoms with van der Waals surface area (Å²) in [5, 5.41) is 1.42. The molecular formula is C17H15ClN2. The second kappa shape index (κ2) is 5.22. The van der Waals surface area contributed by atoms with Gasteiger partial charge < -0.3 is 0 Å². The summed E-state index contributed by atoms with van der Waals surface area (Å²) in [6.07, 6.45) is 0. The maximum absolute atomic E-state index is 6.34. The minimum Gasteiger partial charge on any atom is -0.228 e. The zero-order valence-electron chi connectivity index (χ0n) is 11.5. The summed E-state index contributed by atoms with van der Waals surface area (Å²) in [6, 6.07) is 16.1. The van der Waals surface area contributed by atoms with Crippen LogP contribution in [0.1, 0.15) is 25.3 Å². The number of hydrogen-bond donors (Lipinski definition) is 0. The van der Waals surface area contributed by atoms with Crippen LogP contribution in [-0.2, 0) is 0 Å². The van der Waals surface area contributed by atoms with E-state index in [9.17, 15) is 0 Å². The molecule has 3 heteroatoms. The Balaban J connectivity index is 2.18. The number of aromatic nitrogens is 2. The molecular weight excluding hydrogens is 268 g/mol. The van der Waals surface area contributed by atoms with Gasteiger partial charge in [-0.1, -0.05) is 61.8 Å². The highest BCUT2D eigenvalue weighted by Gasteiger charge is 2.09. The van der Waals surface area contributed by atoms with Gasteiger partial charge in [-0.05, 0) is 23.6 Å². The van der Waals surface area contributed by atoms with Gasteiger partial charge in [0.1, 0.15) is 5.15 Å². The average molecular weight is 283 g/mol. The molecule has 0 saturated heterocycles. The van der Waals surface area contributed by atoms with Crippen molar-refractivity contribution < 1.29 is 0 Å². The fourth-order valence-corrected chi connectivity index (χ4v) is 2.42. The summed E-state index contributed by atoms with van der Waals surface area (Å²) in [5.41, 5.74) is 3.10. The van der Waals surface area contributed by atoms with E-state index in [1.54, 1.807) is 0 Å². The number of nitrogens with zero attached hydrogens (tertiary/aromatic N) is 2. The molecule has 0 atom stereocenters. The first kappa shape index (κ1) is 13.1. The van der Waals surface area contributed by atoms with Crippen LogP contribution in [0.5, 0.6) is 0 Å². The predicted octanol–water partition coefficient (Wildman–Crippen LogP) is 5.07. The number of halogens is 1. The fraction of sp³-hybridized carbons (Fsp3) is 0.176. The highest BCUT2D eigenvalue weighted by molar-refractivity contribution is 6.34. The largest absolute Gasteiger partial charge is 0.228 e. The van der Waals surface area contributed by atoms with Crippen LogP contribution >= 0.6 is 11.6 Å². The molecule has 0 radical (unpaired) electrons. The molecule has 1 heterocycles. The lowest BCUT2D eigenvalue weighted by atomic mass is 10.0. The van der Waals surface area contributed by atoms with E-state index in [1.165, 1.54) is 5.56 Å². The molecule has 2 aromatic carbocycles. The van der Waals surface area contributed by atoms with Crippen LogP contribution < -0.4 is 0 Å². The third kappa shape index (κ3) is 2.39. The highest BCUT2D eigenvalue weighted by atomic mass is 35.5. The molecule has 0 bridgehead atoms. The van der Waals surface area contributed by atoms with Gasteiger partial charge in [-0.25, -0.2) is 9.97 Å². The molecule has 20 heavy (non-hydrogen) atoms. The summed E-state index contributed by atoms with van der Waals surface area (Å²) in [6.45, 7) is 4.32. The summed E-state index contributed by atoms with van der Waals surface area (Å²) in [5.74, 6) is 1.13. The third-order valence-electron chi connectivity index (χ3n) is 3.37. The predicted molar refractivity (Wildman–Crippen MR) is 84.1 cm³/mol. The topological polar surface area (TPSA) is 25.8 Å². The number of fused-ring (bicyclic) bond motifs is 1. The second-order valence-electron chi connectivity index (χ2n) is 5.14. The van der Waals surface area contributed by atoms with Crippen LogP contribution in [0.2, 0.25) is 5.15 Å². The Bertz CT molecular complexity index is 752. The van der Waals surface area contributed by atoms with E-state index in [2.05, 4.69) is 35.9 Å². The fourth-order valence-electron chi connectivity index (χ4n) is 2.18. The Morgan fingerprint density at radius 3 is 2.40 bits per heavy atom. The summed E-state index contributed by atoms with van der Waals surface area (Å²) >= 11 is 6.34. The lowest BCUT2D eigenvalue weighted by Crippen LogP contribution is -1.94. The van der Waals surface area contributed by atoms with E-state index in [1.807, 2.05) is 36.4 Å². The van der Waals surface area contributed by atoms with Crippen LogP contribution in [0.15, 0.2) is 48.5 Å². The maximum atomic E-state index is 6.34. The quantitative estimate of drug-likeness (QED) is 0.613. The van der Waals surface area contributed by atoms with E-state index in [0.717, 1.165) is 16.5 Å². The average Bonchev–Trinajstić information content (AvgIpc) is 2.47. The molecule has 0 N–H and O–H groups in total. The van der Waals surface area contributed by atoms with Crippen molar-refractivity contribution >= 4 is 22.5 Å². The van der Waals surface area contributed by atoms with Gasteiger partial charge in [0.15, 0.2) is 5.82 Å². The van der Waals surface area contributed by atoms with Crippen molar-refractivity contribution in [2.75, 3.05) is 0 Å². The smallest absolute Gasteiger partial charge is 0.161 e. The molecule has 0 fully saturated rings. The molecule has 3 rings (SSSR count). The van der Waals surface area contributed by atoms with E-state index in [4.69, 9.17) is 11.6 Å². The zero-order chi connectivity index (χ0) is 14.1. The Kier molecular flexibility index (Phi) is 3.41. The molecule has 3 aromatic rings. The van der Waals surface area contributed by atoms with Gasteiger partial charge in [0.2, 0.25) is 0 Å². The first-order valence-corrected chi connectivity index (χ1v) is 7.05. The van der Waals surface area contributed by atoms with E-state index < -0.39 is 0 Å². The van der Waals surface area contributed by atoms with Gasteiger partial charge in [-0.3, -0.25) is 0 Å². The Hall–Kier alpha value is -1.93. The Morgan fingerprint density at radius 1 is 0.950 bits per heavy atom. The molecule has 0 aliphatic heterocycles. The van der Waals surface area contributed by atoms with Crippen molar-refractivity contribution in [3.8, 4) is 11.4 Å². The van der Waals surface area contributed by atoms with Crippen LogP contribution in [0.4, 0.5) is 0 Å². The number of rotatable bonds is 2. The molecule has 100 valence electrons. The van der Waals surface area contributed by atoms with E-state index in [-0.39, 0.29) is 0 Å². The minimum atomic E-state index is 0.462. The first-order chi connectivity index (χ1) is 9.65. The molecule has 0 saturated carbocycles. The van der Waals surface area contributed by atoms with Crippen molar-refractivity contribution in [3.05, 3.63) is 59.2 Å². The van der Waals surface area contributed by atoms with Crippen LogP contribution in [0, 0.1) is 0 Å². The summed E-state index contributed by atoms with van der Waals surface area (Å²) in [7, 11) is 0.